The van der Waals surface area contributed by atoms with E-state index in [9.17, 15) is 0 Å². The van der Waals surface area contributed by atoms with E-state index in [0.29, 0.717) is 0 Å². The van der Waals surface area contributed by atoms with Crippen molar-refractivity contribution in [2.24, 2.45) is 0 Å². The van der Waals surface area contributed by atoms with E-state index in [2.05, 4.69) is 58.7 Å². The van der Waals surface area contributed by atoms with Gasteiger partial charge in [-0.3, -0.25) is 0 Å². The maximum Gasteiger partial charge on any atom is 0.180 e. The first-order valence-corrected chi connectivity index (χ1v) is 7.13. The van der Waals surface area contributed by atoms with Gasteiger partial charge in [-0.2, -0.15) is 0 Å². The van der Waals surface area contributed by atoms with Crippen LogP contribution < -0.4 is 10.6 Å². The number of aromatic nitrogens is 3. The van der Waals surface area contributed by atoms with Gasteiger partial charge >= 0.3 is 0 Å². The Balaban J connectivity index is 1.86. The molecule has 0 spiro atoms. The van der Waals surface area contributed by atoms with Gasteiger partial charge in [0.15, 0.2) is 11.5 Å². The number of hydrogen-bond donors (Lipinski definition) is 2. The third-order valence-corrected chi connectivity index (χ3v) is 3.27. The second-order valence-corrected chi connectivity index (χ2v) is 5.01. The Morgan fingerprint density at radius 2 is 2.14 bits per heavy atom. The number of hydrogen-bond acceptors (Lipinski definition) is 4. The minimum absolute atomic E-state index is 0.729. The Labute approximate surface area is 124 Å². The summed E-state index contributed by atoms with van der Waals surface area (Å²) in [5.41, 5.74) is 3.33. The van der Waals surface area contributed by atoms with Gasteiger partial charge in [0, 0.05) is 25.5 Å². The van der Waals surface area contributed by atoms with Crippen LogP contribution in [0, 0.1) is 6.92 Å². The predicted octanol–water partition coefficient (Wildman–Crippen LogP) is 3.08. The fourth-order valence-electron chi connectivity index (χ4n) is 2.32. The van der Waals surface area contributed by atoms with Crippen LogP contribution in [0.3, 0.4) is 0 Å². The van der Waals surface area contributed by atoms with Crippen molar-refractivity contribution in [1.29, 1.82) is 0 Å². The molecule has 108 valence electrons. The number of aryl methyl sites for hydroxylation is 1. The SMILES string of the molecule is CCNc1cn2ccnc2c(NCc2cccc(C)c2)n1. The highest BCUT2D eigenvalue weighted by Gasteiger charge is 2.07. The first-order chi connectivity index (χ1) is 10.3. The third-order valence-electron chi connectivity index (χ3n) is 3.27. The lowest BCUT2D eigenvalue weighted by molar-refractivity contribution is 1.05. The highest BCUT2D eigenvalue weighted by atomic mass is 15.1. The van der Waals surface area contributed by atoms with Crippen molar-refractivity contribution in [2.75, 3.05) is 17.2 Å². The quantitative estimate of drug-likeness (QED) is 0.754. The minimum Gasteiger partial charge on any atom is -0.369 e. The number of benzene rings is 1. The monoisotopic (exact) mass is 281 g/mol. The van der Waals surface area contributed by atoms with E-state index in [4.69, 9.17) is 0 Å². The van der Waals surface area contributed by atoms with Crippen LogP contribution in [-0.2, 0) is 6.54 Å². The summed E-state index contributed by atoms with van der Waals surface area (Å²) in [5.74, 6) is 1.63. The molecule has 0 aliphatic rings. The highest BCUT2D eigenvalue weighted by Crippen LogP contribution is 2.17. The average Bonchev–Trinajstić information content (AvgIpc) is 2.93. The van der Waals surface area contributed by atoms with Crippen LogP contribution in [0.1, 0.15) is 18.1 Å². The molecule has 0 radical (unpaired) electrons. The van der Waals surface area contributed by atoms with Crippen molar-refractivity contribution in [3.05, 3.63) is 54.0 Å². The standard InChI is InChI=1S/C16H19N5/c1-3-17-14-11-21-8-7-18-16(21)15(20-14)19-10-13-6-4-5-12(2)9-13/h4-9,11,17H,3,10H2,1-2H3,(H,19,20). The first kappa shape index (κ1) is 13.4. The normalized spacial score (nSPS) is 10.8. The van der Waals surface area contributed by atoms with Gasteiger partial charge in [-0.05, 0) is 19.4 Å². The van der Waals surface area contributed by atoms with E-state index in [0.717, 1.165) is 30.4 Å². The van der Waals surface area contributed by atoms with Gasteiger partial charge in [0.2, 0.25) is 0 Å². The molecule has 0 saturated heterocycles. The molecule has 5 heteroatoms. The lowest BCUT2D eigenvalue weighted by Gasteiger charge is -2.10. The van der Waals surface area contributed by atoms with Crippen LogP contribution in [0.2, 0.25) is 0 Å². The third kappa shape index (κ3) is 2.97. The zero-order valence-corrected chi connectivity index (χ0v) is 12.3. The molecule has 21 heavy (non-hydrogen) atoms. The number of imidazole rings is 1. The predicted molar refractivity (Wildman–Crippen MR) is 85.7 cm³/mol. The van der Waals surface area contributed by atoms with Crippen molar-refractivity contribution in [3.8, 4) is 0 Å². The Hall–Kier alpha value is -2.56. The molecule has 5 nitrogen and oxygen atoms in total. The molecule has 3 aromatic rings. The van der Waals surface area contributed by atoms with E-state index >= 15 is 0 Å². The summed E-state index contributed by atoms with van der Waals surface area (Å²) < 4.78 is 1.98. The van der Waals surface area contributed by atoms with E-state index < -0.39 is 0 Å². The van der Waals surface area contributed by atoms with Crippen molar-refractivity contribution < 1.29 is 0 Å². The van der Waals surface area contributed by atoms with Crippen molar-refractivity contribution >= 4 is 17.3 Å². The molecule has 1 aromatic carbocycles. The summed E-state index contributed by atoms with van der Waals surface area (Å²) >= 11 is 0. The first-order valence-electron chi connectivity index (χ1n) is 7.13. The molecule has 0 amide bonds. The maximum absolute atomic E-state index is 4.59. The number of nitrogens with one attached hydrogen (secondary N) is 2. The van der Waals surface area contributed by atoms with Crippen LogP contribution in [0.5, 0.6) is 0 Å². The zero-order chi connectivity index (χ0) is 14.7. The Morgan fingerprint density at radius 1 is 1.24 bits per heavy atom. The van der Waals surface area contributed by atoms with Crippen LogP contribution >= 0.6 is 0 Å². The van der Waals surface area contributed by atoms with Crippen LogP contribution in [0.25, 0.3) is 5.65 Å². The van der Waals surface area contributed by atoms with Gasteiger partial charge < -0.3 is 15.0 Å². The van der Waals surface area contributed by atoms with Gasteiger partial charge in [0.1, 0.15) is 5.82 Å². The van der Waals surface area contributed by atoms with E-state index in [1.165, 1.54) is 11.1 Å². The minimum atomic E-state index is 0.729. The van der Waals surface area contributed by atoms with Gasteiger partial charge in [-0.1, -0.05) is 29.8 Å². The molecular weight excluding hydrogens is 262 g/mol. The fraction of sp³-hybridized carbons (Fsp3) is 0.250. The summed E-state index contributed by atoms with van der Waals surface area (Å²) in [6.07, 6.45) is 5.66. The van der Waals surface area contributed by atoms with E-state index in [-0.39, 0.29) is 0 Å². The van der Waals surface area contributed by atoms with E-state index in [1.807, 2.05) is 16.8 Å². The highest BCUT2D eigenvalue weighted by molar-refractivity contribution is 5.65. The summed E-state index contributed by atoms with van der Waals surface area (Å²) in [4.78, 5) is 8.95. The van der Waals surface area contributed by atoms with Crippen LogP contribution in [0.15, 0.2) is 42.9 Å². The molecule has 0 aliphatic carbocycles. The van der Waals surface area contributed by atoms with Crippen molar-refractivity contribution in [3.63, 3.8) is 0 Å². The fourth-order valence-corrected chi connectivity index (χ4v) is 2.32. The molecule has 0 fully saturated rings. The van der Waals surface area contributed by atoms with Crippen molar-refractivity contribution in [1.82, 2.24) is 14.4 Å². The molecule has 0 saturated carbocycles. The Bertz CT molecular complexity index is 747. The maximum atomic E-state index is 4.59. The number of anilines is 2. The summed E-state index contributed by atoms with van der Waals surface area (Å²) in [7, 11) is 0. The summed E-state index contributed by atoms with van der Waals surface area (Å²) in [6, 6.07) is 8.45. The molecule has 2 N–H and O–H groups in total. The lowest BCUT2D eigenvalue weighted by Crippen LogP contribution is -2.07. The molecule has 0 aliphatic heterocycles. The van der Waals surface area contributed by atoms with Crippen LogP contribution in [-0.4, -0.2) is 20.9 Å². The molecule has 0 atom stereocenters. The topological polar surface area (TPSA) is 54.2 Å². The van der Waals surface area contributed by atoms with Crippen molar-refractivity contribution in [2.45, 2.75) is 20.4 Å². The van der Waals surface area contributed by atoms with Gasteiger partial charge in [-0.15, -0.1) is 0 Å². The Morgan fingerprint density at radius 3 is 2.95 bits per heavy atom. The van der Waals surface area contributed by atoms with Crippen LogP contribution in [0.4, 0.5) is 11.6 Å². The Kier molecular flexibility index (Phi) is 3.73. The second kappa shape index (κ2) is 5.83. The van der Waals surface area contributed by atoms with Gasteiger partial charge in [0.05, 0.1) is 6.20 Å². The average molecular weight is 281 g/mol. The van der Waals surface area contributed by atoms with E-state index in [1.54, 1.807) is 6.20 Å². The number of nitrogens with zero attached hydrogens (tertiary/aromatic N) is 3. The number of fused-ring (bicyclic) bond motifs is 1. The lowest BCUT2D eigenvalue weighted by atomic mass is 10.1. The van der Waals surface area contributed by atoms with Gasteiger partial charge in [-0.25, -0.2) is 9.97 Å². The second-order valence-electron chi connectivity index (χ2n) is 5.01. The largest absolute Gasteiger partial charge is 0.369 e. The molecule has 2 heterocycles. The summed E-state index contributed by atoms with van der Waals surface area (Å²) in [5, 5.41) is 6.62. The molecule has 0 unspecified atom stereocenters. The zero-order valence-electron chi connectivity index (χ0n) is 12.3. The molecule has 2 aromatic heterocycles. The summed E-state index contributed by atoms with van der Waals surface area (Å²) in [6.45, 7) is 5.72. The van der Waals surface area contributed by atoms with Gasteiger partial charge in [0.25, 0.3) is 0 Å². The molecule has 3 rings (SSSR count). The molecule has 0 bridgehead atoms. The molecular formula is C16H19N5. The smallest absolute Gasteiger partial charge is 0.180 e. The number of rotatable bonds is 5.